The predicted octanol–water partition coefficient (Wildman–Crippen LogP) is 16.9. The van der Waals surface area contributed by atoms with Crippen molar-refractivity contribution in [2.24, 2.45) is 11.8 Å². The zero-order valence-electron chi connectivity index (χ0n) is 40.4. The first-order valence-electron chi connectivity index (χ1n) is 26.2. The van der Waals surface area contributed by atoms with Crippen LogP contribution >= 0.6 is 0 Å². The Morgan fingerprint density at radius 1 is 0.322 bits per heavy atom. The maximum Gasteiger partial charge on any atom is 0.306 e. The molecule has 0 aliphatic rings. The Morgan fingerprint density at radius 2 is 0.559 bits per heavy atom. The summed E-state index contributed by atoms with van der Waals surface area (Å²) in [6.07, 6.45) is 46.6. The number of rotatable bonds is 47. The summed E-state index contributed by atoms with van der Waals surface area (Å²) in [6, 6.07) is 0. The molecule has 1 atom stereocenters. The number of unbranched alkanes of at least 4 members (excludes halogenated alkanes) is 32. The van der Waals surface area contributed by atoms with E-state index in [1.54, 1.807) is 0 Å². The van der Waals surface area contributed by atoms with Gasteiger partial charge in [-0.15, -0.1) is 0 Å². The van der Waals surface area contributed by atoms with E-state index in [-0.39, 0.29) is 31.1 Å². The van der Waals surface area contributed by atoms with Crippen LogP contribution in [-0.4, -0.2) is 37.2 Å². The molecule has 0 unspecified atom stereocenters. The second-order valence-corrected chi connectivity index (χ2v) is 19.1. The Morgan fingerprint density at radius 3 is 0.831 bits per heavy atom. The molecule has 0 amide bonds. The van der Waals surface area contributed by atoms with Gasteiger partial charge in [0.15, 0.2) is 6.10 Å². The Kier molecular flexibility index (Phi) is 44.7. The first-order chi connectivity index (χ1) is 28.7. The minimum Gasteiger partial charge on any atom is -0.462 e. The molecule has 0 N–H and O–H groups in total. The molecule has 0 saturated heterocycles. The second kappa shape index (κ2) is 45.9. The van der Waals surface area contributed by atoms with Gasteiger partial charge < -0.3 is 14.2 Å². The fraction of sp³-hybridized carbons (Fsp3) is 0.943. The first-order valence-corrected chi connectivity index (χ1v) is 26.2. The monoisotopic (exact) mass is 835 g/mol. The molecular weight excluding hydrogens is 733 g/mol. The van der Waals surface area contributed by atoms with Crippen molar-refractivity contribution in [1.29, 1.82) is 0 Å². The highest BCUT2D eigenvalue weighted by molar-refractivity contribution is 5.71. The molecule has 6 heteroatoms. The van der Waals surface area contributed by atoms with Crippen LogP contribution in [0.3, 0.4) is 0 Å². The van der Waals surface area contributed by atoms with Crippen LogP contribution in [0.5, 0.6) is 0 Å². The molecule has 0 aliphatic carbocycles. The van der Waals surface area contributed by atoms with Gasteiger partial charge in [-0.05, 0) is 31.1 Å². The fourth-order valence-electron chi connectivity index (χ4n) is 7.99. The molecule has 0 saturated carbocycles. The van der Waals surface area contributed by atoms with E-state index in [1.165, 1.54) is 180 Å². The number of hydrogen-bond donors (Lipinski definition) is 0. The van der Waals surface area contributed by atoms with E-state index in [0.29, 0.717) is 19.3 Å². The molecule has 0 aromatic heterocycles. The van der Waals surface area contributed by atoms with Gasteiger partial charge in [-0.2, -0.15) is 0 Å². The van der Waals surface area contributed by atoms with Crippen molar-refractivity contribution in [3.63, 3.8) is 0 Å². The average molecular weight is 835 g/mol. The van der Waals surface area contributed by atoms with Gasteiger partial charge in [0, 0.05) is 19.3 Å². The summed E-state index contributed by atoms with van der Waals surface area (Å²) < 4.78 is 16.8. The molecule has 59 heavy (non-hydrogen) atoms. The highest BCUT2D eigenvalue weighted by atomic mass is 16.6. The third-order valence-corrected chi connectivity index (χ3v) is 12.0. The smallest absolute Gasteiger partial charge is 0.306 e. The summed E-state index contributed by atoms with van der Waals surface area (Å²) in [7, 11) is 0. The molecular formula is C53H102O6. The maximum absolute atomic E-state index is 12.8. The molecule has 0 heterocycles. The van der Waals surface area contributed by atoms with Gasteiger partial charge in [0.05, 0.1) is 0 Å². The maximum atomic E-state index is 12.8. The molecule has 0 aromatic rings. The van der Waals surface area contributed by atoms with E-state index in [2.05, 4.69) is 34.6 Å². The van der Waals surface area contributed by atoms with E-state index >= 15 is 0 Å². The van der Waals surface area contributed by atoms with Crippen molar-refractivity contribution in [1.82, 2.24) is 0 Å². The number of hydrogen-bond acceptors (Lipinski definition) is 6. The lowest BCUT2D eigenvalue weighted by molar-refractivity contribution is -0.167. The Labute approximate surface area is 368 Å². The van der Waals surface area contributed by atoms with Gasteiger partial charge >= 0.3 is 17.9 Å². The molecule has 350 valence electrons. The van der Waals surface area contributed by atoms with Gasteiger partial charge in [0.1, 0.15) is 13.2 Å². The molecule has 0 spiro atoms. The van der Waals surface area contributed by atoms with Crippen LogP contribution in [0.15, 0.2) is 0 Å². The molecule has 6 nitrogen and oxygen atoms in total. The topological polar surface area (TPSA) is 78.9 Å². The van der Waals surface area contributed by atoms with Crippen molar-refractivity contribution >= 4 is 17.9 Å². The van der Waals surface area contributed by atoms with Crippen LogP contribution in [0.4, 0.5) is 0 Å². The fourth-order valence-corrected chi connectivity index (χ4v) is 7.99. The Balaban J connectivity index is 4.28. The lowest BCUT2D eigenvalue weighted by Gasteiger charge is -2.18. The van der Waals surface area contributed by atoms with Gasteiger partial charge in [-0.3, -0.25) is 14.4 Å². The lowest BCUT2D eigenvalue weighted by atomic mass is 10.0. The van der Waals surface area contributed by atoms with Crippen molar-refractivity contribution < 1.29 is 28.6 Å². The van der Waals surface area contributed by atoms with E-state index in [4.69, 9.17) is 14.2 Å². The van der Waals surface area contributed by atoms with Crippen LogP contribution < -0.4 is 0 Å². The summed E-state index contributed by atoms with van der Waals surface area (Å²) in [5.74, 6) is 0.803. The minimum absolute atomic E-state index is 0.0637. The lowest BCUT2D eigenvalue weighted by Crippen LogP contribution is -2.30. The number of carbonyl (C=O) groups is 3. The quantitative estimate of drug-likeness (QED) is 0.0345. The van der Waals surface area contributed by atoms with Gasteiger partial charge in [0.25, 0.3) is 0 Å². The van der Waals surface area contributed by atoms with Gasteiger partial charge in [-0.25, -0.2) is 0 Å². The number of ether oxygens (including phenoxy) is 3. The third kappa shape index (κ3) is 47.3. The van der Waals surface area contributed by atoms with Crippen molar-refractivity contribution in [2.45, 2.75) is 298 Å². The highest BCUT2D eigenvalue weighted by Crippen LogP contribution is 2.17. The summed E-state index contributed by atoms with van der Waals surface area (Å²) in [5.41, 5.74) is 0. The largest absolute Gasteiger partial charge is 0.462 e. The van der Waals surface area contributed by atoms with Crippen LogP contribution in [0, 0.1) is 11.8 Å². The van der Waals surface area contributed by atoms with Crippen LogP contribution in [-0.2, 0) is 28.6 Å². The van der Waals surface area contributed by atoms with Crippen molar-refractivity contribution in [3.05, 3.63) is 0 Å². The molecule has 0 rings (SSSR count). The molecule has 0 bridgehead atoms. The molecule has 0 aromatic carbocycles. The summed E-state index contributed by atoms with van der Waals surface area (Å²) in [5, 5.41) is 0. The van der Waals surface area contributed by atoms with E-state index < -0.39 is 6.10 Å². The van der Waals surface area contributed by atoms with Crippen molar-refractivity contribution in [2.75, 3.05) is 13.2 Å². The third-order valence-electron chi connectivity index (χ3n) is 12.0. The molecule has 0 aliphatic heterocycles. The normalized spacial score (nSPS) is 12.1. The molecule has 0 radical (unpaired) electrons. The zero-order chi connectivity index (χ0) is 43.3. The zero-order valence-corrected chi connectivity index (χ0v) is 40.4. The SMILES string of the molecule is CCCCCCCCCCCCCCC(=O)OC[C@@H](COC(=O)CCCCCCCCCCCCCCCCC(C)C)OC(=O)CCCCCCCCCCCC(C)C. The summed E-state index contributed by atoms with van der Waals surface area (Å²) >= 11 is 0. The number of carbonyl (C=O) groups excluding carboxylic acids is 3. The van der Waals surface area contributed by atoms with Crippen molar-refractivity contribution in [3.8, 4) is 0 Å². The van der Waals surface area contributed by atoms with Crippen LogP contribution in [0.25, 0.3) is 0 Å². The van der Waals surface area contributed by atoms with E-state index in [9.17, 15) is 14.4 Å². The Bertz CT molecular complexity index is 900. The average Bonchev–Trinajstić information content (AvgIpc) is 3.20. The summed E-state index contributed by atoms with van der Waals surface area (Å²) in [6.45, 7) is 11.4. The van der Waals surface area contributed by atoms with Crippen LogP contribution in [0.2, 0.25) is 0 Å². The minimum atomic E-state index is -0.761. The van der Waals surface area contributed by atoms with E-state index in [0.717, 1.165) is 69.6 Å². The van der Waals surface area contributed by atoms with Gasteiger partial charge in [0.2, 0.25) is 0 Å². The summed E-state index contributed by atoms with van der Waals surface area (Å²) in [4.78, 5) is 37.9. The van der Waals surface area contributed by atoms with Gasteiger partial charge in [-0.1, -0.05) is 253 Å². The predicted molar refractivity (Wildman–Crippen MR) is 252 cm³/mol. The molecule has 0 fully saturated rings. The number of esters is 3. The second-order valence-electron chi connectivity index (χ2n) is 19.1. The van der Waals surface area contributed by atoms with E-state index in [1.807, 2.05) is 0 Å². The highest BCUT2D eigenvalue weighted by Gasteiger charge is 2.19. The standard InChI is InChI=1S/C53H102O6/c1-6-7-8-9-10-11-12-18-23-28-33-38-43-51(54)57-46-50(59-53(56)45-40-35-30-25-20-22-27-32-37-42-49(4)5)47-58-52(55)44-39-34-29-24-19-16-14-13-15-17-21-26-31-36-41-48(2)3/h48-50H,6-47H2,1-5H3/t50-/m0/s1. The first kappa shape index (κ1) is 57.4. The Hall–Kier alpha value is -1.59. The van der Waals surface area contributed by atoms with Crippen LogP contribution in [0.1, 0.15) is 291 Å².